The first-order valence-electron chi connectivity index (χ1n) is 4.47. The number of rotatable bonds is 0. The maximum atomic E-state index is 11.1. The Morgan fingerprint density at radius 1 is 1.27 bits per heavy atom. The zero-order chi connectivity index (χ0) is 7.84. The van der Waals surface area contributed by atoms with E-state index in [0.29, 0.717) is 11.7 Å². The molecule has 2 rings (SSSR count). The molecular formula is C10H14O. The average Bonchev–Trinajstić information content (AvgIpc) is 2.33. The van der Waals surface area contributed by atoms with Crippen molar-refractivity contribution >= 4 is 5.78 Å². The minimum absolute atomic E-state index is 0.453. The number of hydrogen-bond acceptors (Lipinski definition) is 1. The van der Waals surface area contributed by atoms with E-state index in [1.165, 1.54) is 18.4 Å². The summed E-state index contributed by atoms with van der Waals surface area (Å²) in [6.45, 7) is 4.02. The van der Waals surface area contributed by atoms with Gasteiger partial charge >= 0.3 is 0 Å². The van der Waals surface area contributed by atoms with E-state index in [9.17, 15) is 4.79 Å². The molecule has 0 spiro atoms. The van der Waals surface area contributed by atoms with E-state index in [1.54, 1.807) is 0 Å². The Hall–Kier alpha value is -0.590. The molecule has 2 fully saturated rings. The zero-order valence-electron chi connectivity index (χ0n) is 6.81. The Labute approximate surface area is 67.5 Å². The van der Waals surface area contributed by atoms with Gasteiger partial charge in [0.1, 0.15) is 5.78 Å². The van der Waals surface area contributed by atoms with Crippen LogP contribution in [0.25, 0.3) is 0 Å². The van der Waals surface area contributed by atoms with E-state index in [0.717, 1.165) is 25.2 Å². The number of allylic oxidation sites excluding steroid dienone is 1. The lowest BCUT2D eigenvalue weighted by molar-refractivity contribution is -0.121. The van der Waals surface area contributed by atoms with Crippen molar-refractivity contribution in [3.8, 4) is 0 Å². The first-order chi connectivity index (χ1) is 5.27. The Morgan fingerprint density at radius 2 is 2.00 bits per heavy atom. The Bertz CT molecular complexity index is 205. The van der Waals surface area contributed by atoms with Crippen LogP contribution in [0.1, 0.15) is 32.1 Å². The van der Waals surface area contributed by atoms with Gasteiger partial charge in [-0.3, -0.25) is 4.79 Å². The standard InChI is InChI=1S/C10H14O/c1-7-2-3-8-4-5-9(11)6-10(7)8/h8,10H,1-6H2/t8-,10+/m0/s1. The lowest BCUT2D eigenvalue weighted by Crippen LogP contribution is -2.20. The van der Waals surface area contributed by atoms with Crippen molar-refractivity contribution in [1.29, 1.82) is 0 Å². The number of carbonyl (C=O) groups excluding carboxylic acids is 1. The lowest BCUT2D eigenvalue weighted by Gasteiger charge is -2.24. The molecule has 0 aromatic carbocycles. The van der Waals surface area contributed by atoms with Gasteiger partial charge in [-0.2, -0.15) is 0 Å². The van der Waals surface area contributed by atoms with Crippen LogP contribution < -0.4 is 0 Å². The molecule has 0 heterocycles. The maximum Gasteiger partial charge on any atom is 0.133 e. The quantitative estimate of drug-likeness (QED) is 0.484. The van der Waals surface area contributed by atoms with E-state index in [1.807, 2.05) is 0 Å². The summed E-state index contributed by atoms with van der Waals surface area (Å²) in [6.07, 6.45) is 5.21. The van der Waals surface area contributed by atoms with Crippen LogP contribution in [0.3, 0.4) is 0 Å². The molecule has 0 aliphatic heterocycles. The monoisotopic (exact) mass is 150 g/mol. The van der Waals surface area contributed by atoms with Crippen molar-refractivity contribution in [2.45, 2.75) is 32.1 Å². The van der Waals surface area contributed by atoms with Crippen molar-refractivity contribution in [2.24, 2.45) is 11.8 Å². The predicted octanol–water partition coefficient (Wildman–Crippen LogP) is 2.32. The zero-order valence-corrected chi connectivity index (χ0v) is 6.81. The van der Waals surface area contributed by atoms with Gasteiger partial charge in [0.25, 0.3) is 0 Å². The van der Waals surface area contributed by atoms with Crippen molar-refractivity contribution in [3.63, 3.8) is 0 Å². The highest BCUT2D eigenvalue weighted by Gasteiger charge is 2.34. The van der Waals surface area contributed by atoms with Crippen LogP contribution in [0.15, 0.2) is 12.2 Å². The Morgan fingerprint density at radius 3 is 2.82 bits per heavy atom. The number of Topliss-reactive ketones (excluding diaryl/α,β-unsaturated/α-hetero) is 1. The molecule has 0 radical (unpaired) electrons. The van der Waals surface area contributed by atoms with Gasteiger partial charge in [0.15, 0.2) is 0 Å². The molecule has 0 amide bonds. The SMILES string of the molecule is C=C1CC[C@H]2CCC(=O)C[C@H]12. The molecule has 2 atom stereocenters. The highest BCUT2D eigenvalue weighted by atomic mass is 16.1. The topological polar surface area (TPSA) is 17.1 Å². The Balaban J connectivity index is 2.13. The number of ketones is 1. The summed E-state index contributed by atoms with van der Waals surface area (Å²) in [4.78, 5) is 11.1. The molecule has 2 saturated carbocycles. The van der Waals surface area contributed by atoms with Gasteiger partial charge < -0.3 is 0 Å². The van der Waals surface area contributed by atoms with E-state index in [-0.39, 0.29) is 0 Å². The second kappa shape index (κ2) is 2.47. The highest BCUT2D eigenvalue weighted by molar-refractivity contribution is 5.80. The van der Waals surface area contributed by atoms with Gasteiger partial charge in [-0.25, -0.2) is 0 Å². The molecule has 2 aliphatic rings. The molecule has 11 heavy (non-hydrogen) atoms. The molecule has 0 N–H and O–H groups in total. The normalized spacial score (nSPS) is 37.5. The van der Waals surface area contributed by atoms with E-state index in [2.05, 4.69) is 6.58 Å². The van der Waals surface area contributed by atoms with Gasteiger partial charge in [-0.1, -0.05) is 12.2 Å². The molecule has 0 aromatic rings. The van der Waals surface area contributed by atoms with Gasteiger partial charge in [0, 0.05) is 12.8 Å². The minimum atomic E-state index is 0.453. The molecule has 0 bridgehead atoms. The van der Waals surface area contributed by atoms with Gasteiger partial charge in [-0.15, -0.1) is 0 Å². The van der Waals surface area contributed by atoms with Gasteiger partial charge in [0.2, 0.25) is 0 Å². The molecular weight excluding hydrogens is 136 g/mol. The third kappa shape index (κ3) is 1.13. The minimum Gasteiger partial charge on any atom is -0.300 e. The fraction of sp³-hybridized carbons (Fsp3) is 0.700. The molecule has 0 saturated heterocycles. The fourth-order valence-corrected chi connectivity index (χ4v) is 2.44. The third-order valence-corrected chi connectivity index (χ3v) is 3.17. The van der Waals surface area contributed by atoms with Crippen molar-refractivity contribution in [3.05, 3.63) is 12.2 Å². The number of fused-ring (bicyclic) bond motifs is 1. The predicted molar refractivity (Wildman–Crippen MR) is 44.2 cm³/mol. The Kier molecular flexibility index (Phi) is 1.59. The maximum absolute atomic E-state index is 11.1. The van der Waals surface area contributed by atoms with Crippen LogP contribution in [0, 0.1) is 11.8 Å². The summed E-state index contributed by atoms with van der Waals surface area (Å²) in [7, 11) is 0. The van der Waals surface area contributed by atoms with Crippen LogP contribution in [0.2, 0.25) is 0 Å². The summed E-state index contributed by atoms with van der Waals surface area (Å²) in [6, 6.07) is 0. The summed E-state index contributed by atoms with van der Waals surface area (Å²) in [5.74, 6) is 1.82. The molecule has 1 heteroatoms. The average molecular weight is 150 g/mol. The summed E-state index contributed by atoms with van der Waals surface area (Å²) >= 11 is 0. The number of carbonyl (C=O) groups is 1. The third-order valence-electron chi connectivity index (χ3n) is 3.17. The van der Waals surface area contributed by atoms with Crippen molar-refractivity contribution in [1.82, 2.24) is 0 Å². The van der Waals surface area contributed by atoms with Crippen LogP contribution >= 0.6 is 0 Å². The molecule has 60 valence electrons. The van der Waals surface area contributed by atoms with Gasteiger partial charge in [-0.05, 0) is 31.1 Å². The fourth-order valence-electron chi connectivity index (χ4n) is 2.44. The summed E-state index contributed by atoms with van der Waals surface area (Å²) < 4.78 is 0. The second-order valence-electron chi connectivity index (χ2n) is 3.84. The van der Waals surface area contributed by atoms with E-state index in [4.69, 9.17) is 0 Å². The van der Waals surface area contributed by atoms with E-state index < -0.39 is 0 Å². The van der Waals surface area contributed by atoms with Crippen molar-refractivity contribution < 1.29 is 4.79 Å². The van der Waals surface area contributed by atoms with E-state index >= 15 is 0 Å². The van der Waals surface area contributed by atoms with Crippen LogP contribution in [0.4, 0.5) is 0 Å². The highest BCUT2D eigenvalue weighted by Crippen LogP contribution is 2.43. The summed E-state index contributed by atoms with van der Waals surface area (Å²) in [5, 5.41) is 0. The molecule has 1 nitrogen and oxygen atoms in total. The van der Waals surface area contributed by atoms with Gasteiger partial charge in [0.05, 0.1) is 0 Å². The lowest BCUT2D eigenvalue weighted by atomic mass is 9.80. The van der Waals surface area contributed by atoms with Crippen LogP contribution in [-0.2, 0) is 4.79 Å². The second-order valence-corrected chi connectivity index (χ2v) is 3.84. The van der Waals surface area contributed by atoms with Crippen LogP contribution in [0.5, 0.6) is 0 Å². The first kappa shape index (κ1) is 7.08. The van der Waals surface area contributed by atoms with Crippen LogP contribution in [-0.4, -0.2) is 5.78 Å². The molecule has 0 unspecified atom stereocenters. The smallest absolute Gasteiger partial charge is 0.133 e. The molecule has 0 aromatic heterocycles. The molecule has 2 aliphatic carbocycles. The number of hydrogen-bond donors (Lipinski definition) is 0. The summed E-state index contributed by atoms with van der Waals surface area (Å²) in [5.41, 5.74) is 1.34. The largest absolute Gasteiger partial charge is 0.300 e. The first-order valence-corrected chi connectivity index (χ1v) is 4.47. The van der Waals surface area contributed by atoms with Crippen molar-refractivity contribution in [2.75, 3.05) is 0 Å².